The van der Waals surface area contributed by atoms with Gasteiger partial charge in [-0.1, -0.05) is 12.1 Å². The van der Waals surface area contributed by atoms with Gasteiger partial charge in [-0.2, -0.15) is 0 Å². The van der Waals surface area contributed by atoms with Gasteiger partial charge < -0.3 is 9.84 Å². The number of carbonyl (C=O) groups is 1. The SMILES string of the molecule is COCCN1CC[C@H](C(=O)O)[C@H]1c1cccc(F)c1F. The van der Waals surface area contributed by atoms with E-state index in [0.29, 0.717) is 26.1 Å². The summed E-state index contributed by atoms with van der Waals surface area (Å²) in [5.74, 6) is -3.64. The van der Waals surface area contributed by atoms with Gasteiger partial charge in [-0.15, -0.1) is 0 Å². The molecule has 0 amide bonds. The van der Waals surface area contributed by atoms with Crippen molar-refractivity contribution in [3.05, 3.63) is 35.4 Å². The molecule has 0 aliphatic carbocycles. The second kappa shape index (κ2) is 6.28. The van der Waals surface area contributed by atoms with Gasteiger partial charge in [0.25, 0.3) is 0 Å². The lowest BCUT2D eigenvalue weighted by Gasteiger charge is -2.27. The van der Waals surface area contributed by atoms with Crippen LogP contribution in [0.2, 0.25) is 0 Å². The molecule has 110 valence electrons. The summed E-state index contributed by atoms with van der Waals surface area (Å²) in [5.41, 5.74) is 0.103. The molecule has 0 saturated carbocycles. The Balaban J connectivity index is 2.34. The predicted molar refractivity (Wildman–Crippen MR) is 68.3 cm³/mol. The molecule has 1 heterocycles. The molecule has 0 radical (unpaired) electrons. The fraction of sp³-hybridized carbons (Fsp3) is 0.500. The first-order valence-electron chi connectivity index (χ1n) is 6.46. The Kier molecular flexibility index (Phi) is 4.67. The fourth-order valence-electron chi connectivity index (χ4n) is 2.74. The van der Waals surface area contributed by atoms with Gasteiger partial charge in [-0.05, 0) is 19.0 Å². The number of halogens is 2. The normalized spacial score (nSPS) is 23.1. The highest BCUT2D eigenvalue weighted by Crippen LogP contribution is 2.38. The van der Waals surface area contributed by atoms with E-state index in [-0.39, 0.29) is 5.56 Å². The van der Waals surface area contributed by atoms with Crippen LogP contribution in [0.3, 0.4) is 0 Å². The monoisotopic (exact) mass is 285 g/mol. The molecule has 1 fully saturated rings. The van der Waals surface area contributed by atoms with Crippen LogP contribution in [-0.2, 0) is 9.53 Å². The zero-order valence-electron chi connectivity index (χ0n) is 11.2. The summed E-state index contributed by atoms with van der Waals surface area (Å²) >= 11 is 0. The number of likely N-dealkylation sites (tertiary alicyclic amines) is 1. The van der Waals surface area contributed by atoms with Crippen LogP contribution < -0.4 is 0 Å². The van der Waals surface area contributed by atoms with Gasteiger partial charge in [0.05, 0.1) is 18.6 Å². The van der Waals surface area contributed by atoms with Crippen molar-refractivity contribution >= 4 is 5.97 Å². The molecule has 6 heteroatoms. The molecule has 1 aromatic rings. The highest BCUT2D eigenvalue weighted by Gasteiger charge is 2.41. The largest absolute Gasteiger partial charge is 0.481 e. The molecule has 0 bridgehead atoms. The van der Waals surface area contributed by atoms with Crippen LogP contribution >= 0.6 is 0 Å². The van der Waals surface area contributed by atoms with Crippen LogP contribution in [0.25, 0.3) is 0 Å². The smallest absolute Gasteiger partial charge is 0.308 e. The highest BCUT2D eigenvalue weighted by atomic mass is 19.2. The third-order valence-electron chi connectivity index (χ3n) is 3.70. The lowest BCUT2D eigenvalue weighted by atomic mass is 9.93. The van der Waals surface area contributed by atoms with Crippen LogP contribution in [0.1, 0.15) is 18.0 Å². The lowest BCUT2D eigenvalue weighted by molar-refractivity contribution is -0.142. The van der Waals surface area contributed by atoms with Crippen molar-refractivity contribution in [2.45, 2.75) is 12.5 Å². The van der Waals surface area contributed by atoms with Crippen LogP contribution in [0.4, 0.5) is 8.78 Å². The minimum absolute atomic E-state index is 0.103. The van der Waals surface area contributed by atoms with E-state index in [1.165, 1.54) is 12.1 Å². The molecule has 0 spiro atoms. The Labute approximate surface area is 116 Å². The third-order valence-corrected chi connectivity index (χ3v) is 3.70. The number of aliphatic carboxylic acids is 1. The van der Waals surface area contributed by atoms with Crippen molar-refractivity contribution in [1.82, 2.24) is 4.90 Å². The summed E-state index contributed by atoms with van der Waals surface area (Å²) in [7, 11) is 1.54. The first-order valence-corrected chi connectivity index (χ1v) is 6.46. The van der Waals surface area contributed by atoms with E-state index < -0.39 is 29.6 Å². The number of nitrogens with zero attached hydrogens (tertiary/aromatic N) is 1. The maximum Gasteiger partial charge on any atom is 0.308 e. The number of hydrogen-bond acceptors (Lipinski definition) is 3. The van der Waals surface area contributed by atoms with Crippen LogP contribution in [-0.4, -0.2) is 42.8 Å². The molecular weight excluding hydrogens is 268 g/mol. The zero-order valence-corrected chi connectivity index (χ0v) is 11.2. The number of ether oxygens (including phenoxy) is 1. The molecule has 1 saturated heterocycles. The lowest BCUT2D eigenvalue weighted by Crippen LogP contribution is -2.31. The predicted octanol–water partition coefficient (Wildman–Crippen LogP) is 2.06. The minimum atomic E-state index is -0.987. The molecule has 1 aliphatic heterocycles. The Morgan fingerprint density at radius 2 is 2.25 bits per heavy atom. The van der Waals surface area contributed by atoms with E-state index in [0.717, 1.165) is 6.07 Å². The second-order valence-corrected chi connectivity index (χ2v) is 4.85. The van der Waals surface area contributed by atoms with Crippen LogP contribution in [0, 0.1) is 17.6 Å². The standard InChI is InChI=1S/C14H17F2NO3/c1-20-8-7-17-6-5-10(14(18)19)13(17)9-3-2-4-11(15)12(9)16/h2-4,10,13H,5-8H2,1H3,(H,18,19)/t10-,13+/m0/s1. The summed E-state index contributed by atoms with van der Waals surface area (Å²) in [5, 5.41) is 9.27. The van der Waals surface area contributed by atoms with Crippen LogP contribution in [0.5, 0.6) is 0 Å². The van der Waals surface area contributed by atoms with Crippen molar-refractivity contribution in [3.8, 4) is 0 Å². The van der Waals surface area contributed by atoms with Crippen LogP contribution in [0.15, 0.2) is 18.2 Å². The maximum atomic E-state index is 14.0. The molecular formula is C14H17F2NO3. The Morgan fingerprint density at radius 3 is 2.90 bits per heavy atom. The summed E-state index contributed by atoms with van der Waals surface area (Å²) in [6.45, 7) is 1.43. The first-order chi connectivity index (χ1) is 9.56. The van der Waals surface area contributed by atoms with Crippen molar-refractivity contribution in [3.63, 3.8) is 0 Å². The van der Waals surface area contributed by atoms with Crippen molar-refractivity contribution in [2.24, 2.45) is 5.92 Å². The molecule has 1 aromatic carbocycles. The first kappa shape index (κ1) is 14.9. The number of carboxylic acid groups (broad SMARTS) is 1. The van der Waals surface area contributed by atoms with Gasteiger partial charge in [0.15, 0.2) is 11.6 Å². The molecule has 20 heavy (non-hydrogen) atoms. The number of benzene rings is 1. The van der Waals surface area contributed by atoms with Gasteiger partial charge in [0, 0.05) is 19.2 Å². The van der Waals surface area contributed by atoms with E-state index in [1.807, 2.05) is 4.90 Å². The summed E-state index contributed by atoms with van der Waals surface area (Å²) in [4.78, 5) is 13.2. The van der Waals surface area contributed by atoms with Gasteiger partial charge >= 0.3 is 5.97 Å². The van der Waals surface area contributed by atoms with Gasteiger partial charge in [-0.25, -0.2) is 8.78 Å². The van der Waals surface area contributed by atoms with Crippen molar-refractivity contribution in [2.75, 3.05) is 26.8 Å². The van der Waals surface area contributed by atoms with Crippen molar-refractivity contribution < 1.29 is 23.4 Å². The number of hydrogen-bond donors (Lipinski definition) is 1. The molecule has 4 nitrogen and oxygen atoms in total. The zero-order chi connectivity index (χ0) is 14.7. The molecule has 1 N–H and O–H groups in total. The Morgan fingerprint density at radius 1 is 1.50 bits per heavy atom. The maximum absolute atomic E-state index is 14.0. The van der Waals surface area contributed by atoms with E-state index in [4.69, 9.17) is 4.74 Å². The van der Waals surface area contributed by atoms with E-state index in [1.54, 1.807) is 7.11 Å². The summed E-state index contributed by atoms with van der Waals surface area (Å²) < 4.78 is 32.3. The topological polar surface area (TPSA) is 49.8 Å². The molecule has 2 rings (SSSR count). The highest BCUT2D eigenvalue weighted by molar-refractivity contribution is 5.71. The average molecular weight is 285 g/mol. The number of methoxy groups -OCH3 is 1. The minimum Gasteiger partial charge on any atom is -0.481 e. The van der Waals surface area contributed by atoms with E-state index >= 15 is 0 Å². The van der Waals surface area contributed by atoms with Gasteiger partial charge in [-0.3, -0.25) is 9.69 Å². The second-order valence-electron chi connectivity index (χ2n) is 4.85. The average Bonchev–Trinajstić information content (AvgIpc) is 2.83. The molecule has 1 aliphatic rings. The van der Waals surface area contributed by atoms with Crippen molar-refractivity contribution in [1.29, 1.82) is 0 Å². The Hall–Kier alpha value is -1.53. The van der Waals surface area contributed by atoms with E-state index in [9.17, 15) is 18.7 Å². The quantitative estimate of drug-likeness (QED) is 0.899. The fourth-order valence-corrected chi connectivity index (χ4v) is 2.74. The number of carboxylic acids is 1. The summed E-state index contributed by atoms with van der Waals surface area (Å²) in [6, 6.07) is 3.23. The summed E-state index contributed by atoms with van der Waals surface area (Å²) in [6.07, 6.45) is 0.416. The van der Waals surface area contributed by atoms with Gasteiger partial charge in [0.1, 0.15) is 0 Å². The molecule has 2 atom stereocenters. The molecule has 0 aromatic heterocycles. The Bertz CT molecular complexity index is 495. The third kappa shape index (κ3) is 2.81. The molecule has 0 unspecified atom stereocenters. The van der Waals surface area contributed by atoms with E-state index in [2.05, 4.69) is 0 Å². The number of rotatable bonds is 5. The van der Waals surface area contributed by atoms with Gasteiger partial charge in [0.2, 0.25) is 0 Å².